The Labute approximate surface area is 159 Å². The first-order valence-electron chi connectivity index (χ1n) is 8.99. The number of ether oxygens (including phenoxy) is 1. The first-order chi connectivity index (χ1) is 13.1. The maximum absolute atomic E-state index is 12.0. The van der Waals surface area contributed by atoms with E-state index < -0.39 is 0 Å². The third-order valence-corrected chi connectivity index (χ3v) is 4.19. The Balaban J connectivity index is 2.03. The summed E-state index contributed by atoms with van der Waals surface area (Å²) in [5.74, 6) is 1.01. The lowest BCUT2D eigenvalue weighted by Gasteiger charge is -2.10. The average molecular weight is 361 g/mol. The second-order valence-electron chi connectivity index (χ2n) is 6.35. The lowest BCUT2D eigenvalue weighted by Crippen LogP contribution is -2.13. The van der Waals surface area contributed by atoms with Gasteiger partial charge in [-0.1, -0.05) is 36.8 Å². The van der Waals surface area contributed by atoms with Crippen molar-refractivity contribution in [3.05, 3.63) is 60.2 Å². The number of aromatic nitrogens is 2. The van der Waals surface area contributed by atoms with Gasteiger partial charge in [0.25, 0.3) is 0 Å². The number of carbonyl (C=O) groups excluding carboxylic acids is 1. The van der Waals surface area contributed by atoms with Crippen molar-refractivity contribution < 1.29 is 9.53 Å². The fraction of sp³-hybridized carbons (Fsp3) is 0.227. The van der Waals surface area contributed by atoms with Gasteiger partial charge in [-0.25, -0.2) is 9.97 Å². The van der Waals surface area contributed by atoms with Gasteiger partial charge in [-0.15, -0.1) is 0 Å². The molecule has 3 rings (SSSR count). The van der Waals surface area contributed by atoms with Crippen LogP contribution in [0.5, 0.6) is 5.75 Å². The fourth-order valence-electron chi connectivity index (χ4n) is 2.70. The predicted octanol–water partition coefficient (Wildman–Crippen LogP) is 4.87. The van der Waals surface area contributed by atoms with Crippen molar-refractivity contribution in [3.8, 4) is 28.3 Å². The van der Waals surface area contributed by atoms with Gasteiger partial charge in [0.15, 0.2) is 0 Å². The van der Waals surface area contributed by atoms with Crippen LogP contribution in [0.1, 0.15) is 25.3 Å². The van der Waals surface area contributed by atoms with Crippen molar-refractivity contribution in [2.75, 3.05) is 12.4 Å². The molecule has 0 aliphatic carbocycles. The highest BCUT2D eigenvalue weighted by Gasteiger charge is 2.11. The molecule has 1 aromatic heterocycles. The molecular weight excluding hydrogens is 338 g/mol. The lowest BCUT2D eigenvalue weighted by molar-refractivity contribution is -0.116. The maximum Gasteiger partial charge on any atom is 0.230 e. The number of hydrogen-bond acceptors (Lipinski definition) is 4. The molecule has 1 amide bonds. The minimum absolute atomic E-state index is 0.0840. The van der Waals surface area contributed by atoms with Crippen molar-refractivity contribution in [2.24, 2.45) is 0 Å². The van der Waals surface area contributed by atoms with Gasteiger partial charge in [0.05, 0.1) is 18.5 Å². The zero-order valence-corrected chi connectivity index (χ0v) is 15.8. The van der Waals surface area contributed by atoms with Crippen LogP contribution in [0.15, 0.2) is 54.6 Å². The molecule has 27 heavy (non-hydrogen) atoms. The van der Waals surface area contributed by atoms with Crippen LogP contribution in [0, 0.1) is 6.92 Å². The van der Waals surface area contributed by atoms with Crippen LogP contribution >= 0.6 is 0 Å². The Bertz CT molecular complexity index is 919. The largest absolute Gasteiger partial charge is 0.497 e. The van der Waals surface area contributed by atoms with Crippen molar-refractivity contribution in [3.63, 3.8) is 0 Å². The van der Waals surface area contributed by atoms with Crippen molar-refractivity contribution in [1.82, 2.24) is 9.97 Å². The highest BCUT2D eigenvalue weighted by Crippen LogP contribution is 2.27. The Morgan fingerprint density at radius 2 is 1.52 bits per heavy atom. The second-order valence-corrected chi connectivity index (χ2v) is 6.35. The molecule has 0 unspecified atom stereocenters. The molecule has 0 spiro atoms. The monoisotopic (exact) mass is 361 g/mol. The fourth-order valence-corrected chi connectivity index (χ4v) is 2.70. The van der Waals surface area contributed by atoms with E-state index >= 15 is 0 Å². The number of nitrogens with zero attached hydrogens (tertiary/aromatic N) is 2. The summed E-state index contributed by atoms with van der Waals surface area (Å²) < 4.78 is 5.22. The molecule has 0 fully saturated rings. The second kappa shape index (κ2) is 8.45. The van der Waals surface area contributed by atoms with Crippen LogP contribution in [0.25, 0.3) is 22.5 Å². The molecule has 0 saturated carbocycles. The van der Waals surface area contributed by atoms with Gasteiger partial charge in [0, 0.05) is 17.5 Å². The lowest BCUT2D eigenvalue weighted by atomic mass is 10.1. The van der Waals surface area contributed by atoms with Crippen LogP contribution in [0.2, 0.25) is 0 Å². The average Bonchev–Trinajstić information content (AvgIpc) is 2.68. The summed E-state index contributed by atoms with van der Waals surface area (Å²) in [5, 5.41) is 2.81. The smallest absolute Gasteiger partial charge is 0.230 e. The molecule has 0 bridgehead atoms. The van der Waals surface area contributed by atoms with Crippen LogP contribution in [0.4, 0.5) is 5.95 Å². The normalized spacial score (nSPS) is 10.5. The molecule has 2 aromatic carbocycles. The number of carbonyl (C=O) groups is 1. The highest BCUT2D eigenvalue weighted by molar-refractivity contribution is 5.89. The van der Waals surface area contributed by atoms with Gasteiger partial charge < -0.3 is 4.74 Å². The topological polar surface area (TPSA) is 64.1 Å². The van der Waals surface area contributed by atoms with Crippen molar-refractivity contribution >= 4 is 11.9 Å². The van der Waals surface area contributed by atoms with Gasteiger partial charge in [0.1, 0.15) is 5.75 Å². The summed E-state index contributed by atoms with van der Waals surface area (Å²) in [4.78, 5) is 21.1. The summed E-state index contributed by atoms with van der Waals surface area (Å²) in [6, 6.07) is 17.7. The van der Waals surface area contributed by atoms with E-state index in [9.17, 15) is 4.79 Å². The van der Waals surface area contributed by atoms with Crippen molar-refractivity contribution in [1.29, 1.82) is 0 Å². The van der Waals surface area contributed by atoms with E-state index in [0.29, 0.717) is 12.4 Å². The zero-order chi connectivity index (χ0) is 19.2. The van der Waals surface area contributed by atoms with Gasteiger partial charge in [-0.05, 0) is 43.7 Å². The third-order valence-electron chi connectivity index (χ3n) is 4.19. The molecule has 5 nitrogen and oxygen atoms in total. The molecule has 1 N–H and O–H groups in total. The van der Waals surface area contributed by atoms with Crippen molar-refractivity contribution in [2.45, 2.75) is 26.7 Å². The summed E-state index contributed by atoms with van der Waals surface area (Å²) >= 11 is 0. The zero-order valence-electron chi connectivity index (χ0n) is 15.8. The van der Waals surface area contributed by atoms with E-state index in [1.165, 1.54) is 5.56 Å². The number of methoxy groups -OCH3 is 1. The van der Waals surface area contributed by atoms with Gasteiger partial charge in [-0.2, -0.15) is 0 Å². The number of anilines is 1. The molecule has 1 heterocycles. The van der Waals surface area contributed by atoms with E-state index in [0.717, 1.165) is 34.7 Å². The van der Waals surface area contributed by atoms with Crippen LogP contribution < -0.4 is 10.1 Å². The minimum Gasteiger partial charge on any atom is -0.497 e. The Morgan fingerprint density at radius 3 is 2.04 bits per heavy atom. The van der Waals surface area contributed by atoms with Crippen LogP contribution in [0.3, 0.4) is 0 Å². The van der Waals surface area contributed by atoms with Crippen LogP contribution in [-0.2, 0) is 4.79 Å². The standard InChI is InChI=1S/C22H23N3O2/c1-4-5-21(26)25-22-23-19(16-8-6-15(2)7-9-16)14-20(24-22)17-10-12-18(27-3)13-11-17/h6-14H,4-5H2,1-3H3,(H,23,24,25,26). The summed E-state index contributed by atoms with van der Waals surface area (Å²) in [6.07, 6.45) is 1.21. The number of benzene rings is 2. The maximum atomic E-state index is 12.0. The first-order valence-corrected chi connectivity index (χ1v) is 8.99. The third kappa shape index (κ3) is 4.70. The van der Waals surface area contributed by atoms with Gasteiger partial charge in [0.2, 0.25) is 11.9 Å². The number of nitrogens with one attached hydrogen (secondary N) is 1. The summed E-state index contributed by atoms with van der Waals surface area (Å²) in [5.41, 5.74) is 4.60. The Kier molecular flexibility index (Phi) is 5.81. The highest BCUT2D eigenvalue weighted by atomic mass is 16.5. The van der Waals surface area contributed by atoms with E-state index in [2.05, 4.69) is 15.3 Å². The molecule has 5 heteroatoms. The number of aryl methyl sites for hydroxylation is 1. The molecule has 0 aliphatic rings. The predicted molar refractivity (Wildman–Crippen MR) is 108 cm³/mol. The summed E-state index contributed by atoms with van der Waals surface area (Å²) in [6.45, 7) is 4.01. The number of hydrogen-bond donors (Lipinski definition) is 1. The molecule has 0 saturated heterocycles. The van der Waals surface area contributed by atoms with E-state index in [1.807, 2.05) is 68.4 Å². The molecule has 3 aromatic rings. The molecule has 0 aliphatic heterocycles. The minimum atomic E-state index is -0.0840. The molecule has 0 atom stereocenters. The quantitative estimate of drug-likeness (QED) is 0.680. The van der Waals surface area contributed by atoms with Gasteiger partial charge in [-0.3, -0.25) is 10.1 Å². The van der Waals surface area contributed by atoms with Gasteiger partial charge >= 0.3 is 0 Å². The van der Waals surface area contributed by atoms with Crippen LogP contribution in [-0.4, -0.2) is 23.0 Å². The Morgan fingerprint density at radius 1 is 0.963 bits per heavy atom. The Hall–Kier alpha value is -3.21. The van der Waals surface area contributed by atoms with E-state index in [4.69, 9.17) is 4.74 Å². The number of rotatable bonds is 6. The first kappa shape index (κ1) is 18.6. The summed E-state index contributed by atoms with van der Waals surface area (Å²) in [7, 11) is 1.64. The molecule has 0 radical (unpaired) electrons. The molecular formula is C22H23N3O2. The molecule has 138 valence electrons. The number of amides is 1. The van der Waals surface area contributed by atoms with E-state index in [-0.39, 0.29) is 5.91 Å². The SMILES string of the molecule is CCCC(=O)Nc1nc(-c2ccc(C)cc2)cc(-c2ccc(OC)cc2)n1. The van der Waals surface area contributed by atoms with E-state index in [1.54, 1.807) is 7.11 Å².